The Morgan fingerprint density at radius 2 is 2.13 bits per heavy atom. The van der Waals surface area contributed by atoms with Crippen LogP contribution in [0.2, 0.25) is 0 Å². The number of fused-ring (bicyclic) bond motifs is 1. The average Bonchev–Trinajstić information content (AvgIpc) is 3.33. The largest absolute Gasteiger partial charge is 0.477 e. The van der Waals surface area contributed by atoms with E-state index >= 15 is 0 Å². The van der Waals surface area contributed by atoms with E-state index in [0.717, 1.165) is 27.0 Å². The fourth-order valence-corrected chi connectivity index (χ4v) is 7.45. The summed E-state index contributed by atoms with van der Waals surface area (Å²) >= 11 is 4.92. The van der Waals surface area contributed by atoms with Crippen LogP contribution in [-0.2, 0) is 20.1 Å². The predicted molar refractivity (Wildman–Crippen MR) is 149 cm³/mol. The summed E-state index contributed by atoms with van der Waals surface area (Å²) < 4.78 is 3.83. The molecule has 2 amide bonds. The Labute approximate surface area is 237 Å². The molecule has 4 rings (SSSR count). The number of oxime groups is 1. The van der Waals surface area contributed by atoms with Gasteiger partial charge in [0.05, 0.1) is 12.2 Å². The van der Waals surface area contributed by atoms with Gasteiger partial charge in [0.25, 0.3) is 11.8 Å². The van der Waals surface area contributed by atoms with Gasteiger partial charge in [0.2, 0.25) is 11.5 Å². The molecule has 4 heterocycles. The highest BCUT2D eigenvalue weighted by Crippen LogP contribution is 2.45. The first kappa shape index (κ1) is 28.5. The molecular weight excluding hydrogens is 589 g/mol. The van der Waals surface area contributed by atoms with Crippen LogP contribution >= 0.6 is 46.8 Å². The van der Waals surface area contributed by atoms with Crippen molar-refractivity contribution in [1.82, 2.24) is 24.6 Å². The van der Waals surface area contributed by atoms with E-state index in [1.807, 2.05) is 6.07 Å². The number of guanidine groups is 1. The molecule has 9 N–H and O–H groups in total. The number of carbonyl (C=O) groups excluding carboxylic acids is 2. The molecule has 0 spiro atoms. The van der Waals surface area contributed by atoms with E-state index in [0.29, 0.717) is 23.0 Å². The van der Waals surface area contributed by atoms with Gasteiger partial charge in [0, 0.05) is 44.8 Å². The number of β-lactam (4-membered cyclic amide) rings is 1. The Kier molecular flexibility index (Phi) is 9.15. The van der Waals surface area contributed by atoms with Gasteiger partial charge in [-0.05, 0) is 12.1 Å². The average molecular weight is 611 g/mol. The molecule has 0 saturated carbocycles. The van der Waals surface area contributed by atoms with Gasteiger partial charge >= 0.3 is 5.97 Å². The molecule has 2 aromatic rings. The molecule has 0 radical (unpaired) electrons. The third-order valence-corrected chi connectivity index (χ3v) is 9.37. The summed E-state index contributed by atoms with van der Waals surface area (Å²) in [7, 11) is 0. The van der Waals surface area contributed by atoms with Gasteiger partial charge in [-0.2, -0.15) is 21.1 Å². The van der Waals surface area contributed by atoms with Crippen LogP contribution < -0.4 is 22.5 Å². The van der Waals surface area contributed by atoms with Gasteiger partial charge in [-0.1, -0.05) is 16.9 Å². The highest BCUT2D eigenvalue weighted by molar-refractivity contribution is 8.06. The lowest BCUT2D eigenvalue weighted by Crippen LogP contribution is -2.71. The molecule has 2 aliphatic rings. The van der Waals surface area contributed by atoms with Crippen LogP contribution in [0.5, 0.6) is 0 Å². The van der Waals surface area contributed by atoms with E-state index in [9.17, 15) is 24.7 Å². The van der Waals surface area contributed by atoms with E-state index in [1.54, 1.807) is 24.0 Å². The number of anilines is 1. The molecular formula is C20H22N10O5S4. The zero-order valence-electron chi connectivity index (χ0n) is 19.9. The number of hydrogen-bond donors (Lipinski definition) is 6. The second kappa shape index (κ2) is 12.5. The molecule has 15 nitrogen and oxygen atoms in total. The number of nitrogen functional groups attached to an aromatic ring is 1. The number of nitrogens with two attached hydrogens (primary N) is 3. The monoisotopic (exact) mass is 610 g/mol. The number of amides is 2. The van der Waals surface area contributed by atoms with Crippen molar-refractivity contribution in [1.29, 1.82) is 0 Å². The standard InChI is InChI=1S/C20H22N10O5S4/c21-19(22)25-4-5-36-6-8-9(2-1-3-24-8)38-10-7-37-17-12(16(32)30(17)13(10)18(33)34)26-15(31)11(28-35)14-27-20(23)39-29-14/h1-3,12,17,35H,4-7H2,(H,26,31)(H,33,34)(H4,21,22,25)(H2,23,27,29)/b28-11+/t12-,17?/m1/s1. The van der Waals surface area contributed by atoms with Crippen molar-refractivity contribution in [3.63, 3.8) is 0 Å². The highest BCUT2D eigenvalue weighted by atomic mass is 32.2. The highest BCUT2D eigenvalue weighted by Gasteiger charge is 2.54. The third kappa shape index (κ3) is 6.37. The zero-order chi connectivity index (χ0) is 28.1. The Balaban J connectivity index is 1.47. The zero-order valence-corrected chi connectivity index (χ0v) is 23.1. The smallest absolute Gasteiger partial charge is 0.353 e. The van der Waals surface area contributed by atoms with E-state index in [4.69, 9.17) is 17.2 Å². The van der Waals surface area contributed by atoms with Crippen LogP contribution in [0.1, 0.15) is 11.5 Å². The van der Waals surface area contributed by atoms with Gasteiger partial charge in [-0.3, -0.25) is 24.5 Å². The van der Waals surface area contributed by atoms with Crippen molar-refractivity contribution in [2.24, 2.45) is 21.6 Å². The normalized spacial score (nSPS) is 18.8. The SMILES string of the molecule is NC(N)=NCCSCc1ncccc1SC1=C(C(=O)O)N2C(=O)[C@@H](NC(=O)/C(=N/O)c3nsc(N)n3)C2SC1. The van der Waals surface area contributed by atoms with Gasteiger partial charge < -0.3 is 32.8 Å². The summed E-state index contributed by atoms with van der Waals surface area (Å²) in [5.41, 5.74) is 16.3. The fourth-order valence-electron chi connectivity index (χ4n) is 3.57. The molecule has 2 aliphatic heterocycles. The Morgan fingerprint density at radius 1 is 1.33 bits per heavy atom. The van der Waals surface area contributed by atoms with Gasteiger partial charge in [-0.15, -0.1) is 11.8 Å². The maximum absolute atomic E-state index is 13.0. The number of carboxylic acid groups (broad SMARTS) is 1. The van der Waals surface area contributed by atoms with Gasteiger partial charge in [0.1, 0.15) is 17.1 Å². The minimum Gasteiger partial charge on any atom is -0.477 e. The van der Waals surface area contributed by atoms with E-state index in [1.165, 1.54) is 23.5 Å². The van der Waals surface area contributed by atoms with Crippen molar-refractivity contribution >= 4 is 81.4 Å². The summed E-state index contributed by atoms with van der Waals surface area (Å²) in [5.74, 6) is -1.43. The van der Waals surface area contributed by atoms with Crippen LogP contribution in [0.4, 0.5) is 5.13 Å². The molecule has 39 heavy (non-hydrogen) atoms. The second-order valence-electron chi connectivity index (χ2n) is 7.75. The van der Waals surface area contributed by atoms with Crippen molar-refractivity contribution in [3.8, 4) is 0 Å². The summed E-state index contributed by atoms with van der Waals surface area (Å²) in [4.78, 5) is 52.5. The number of aliphatic imine (C=N–C) groups is 1. The number of thioether (sulfide) groups is 3. The minimum atomic E-state index is -1.27. The number of aliphatic carboxylic acids is 1. The third-order valence-electron chi connectivity index (χ3n) is 5.24. The first-order chi connectivity index (χ1) is 18.7. The van der Waals surface area contributed by atoms with Crippen LogP contribution in [0, 0.1) is 0 Å². The Morgan fingerprint density at radius 3 is 2.79 bits per heavy atom. The topological polar surface area (TPSA) is 248 Å². The molecule has 206 valence electrons. The van der Waals surface area contributed by atoms with Gasteiger partial charge in [-0.25, -0.2) is 4.79 Å². The number of rotatable bonds is 11. The summed E-state index contributed by atoms with van der Waals surface area (Å²) in [6.07, 6.45) is 1.65. The minimum absolute atomic E-state index is 0.0249. The number of carbonyl (C=O) groups is 3. The summed E-state index contributed by atoms with van der Waals surface area (Å²) in [6, 6.07) is 2.55. The molecule has 2 atom stereocenters. The van der Waals surface area contributed by atoms with Crippen LogP contribution in [0.15, 0.2) is 44.0 Å². The molecule has 0 bridgehead atoms. The van der Waals surface area contributed by atoms with Crippen LogP contribution in [0.3, 0.4) is 0 Å². The molecule has 1 fully saturated rings. The van der Waals surface area contributed by atoms with E-state index < -0.39 is 34.9 Å². The molecule has 1 saturated heterocycles. The summed E-state index contributed by atoms with van der Waals surface area (Å²) in [6.45, 7) is 0.462. The maximum Gasteiger partial charge on any atom is 0.353 e. The Bertz CT molecular complexity index is 1380. The van der Waals surface area contributed by atoms with E-state index in [2.05, 4.69) is 29.8 Å². The number of nitrogens with zero attached hydrogens (tertiary/aromatic N) is 6. The van der Waals surface area contributed by atoms with Gasteiger partial charge in [0.15, 0.2) is 11.1 Å². The predicted octanol–water partition coefficient (Wildman–Crippen LogP) is -0.311. The van der Waals surface area contributed by atoms with Crippen LogP contribution in [-0.4, -0.2) is 88.5 Å². The van der Waals surface area contributed by atoms with Crippen molar-refractivity contribution < 1.29 is 24.7 Å². The number of carboxylic acids is 1. The van der Waals surface area contributed by atoms with Crippen LogP contribution in [0.25, 0.3) is 0 Å². The molecule has 1 unspecified atom stereocenters. The first-order valence-electron chi connectivity index (χ1n) is 11.0. The number of nitrogens with one attached hydrogen (secondary N) is 1. The van der Waals surface area contributed by atoms with Crippen molar-refractivity contribution in [3.05, 3.63) is 40.5 Å². The fraction of sp³-hybridized carbons (Fsp3) is 0.300. The first-order valence-corrected chi connectivity index (χ1v) is 14.8. The number of hydrogen-bond acceptors (Lipinski definition) is 14. The molecule has 0 aliphatic carbocycles. The number of aromatic nitrogens is 3. The van der Waals surface area contributed by atoms with Crippen molar-refractivity contribution in [2.75, 3.05) is 23.8 Å². The maximum atomic E-state index is 13.0. The molecule has 19 heteroatoms. The number of pyridine rings is 1. The quantitative estimate of drug-likeness (QED) is 0.0477. The molecule has 2 aromatic heterocycles. The van der Waals surface area contributed by atoms with E-state index in [-0.39, 0.29) is 28.4 Å². The Hall–Kier alpha value is -3.55. The lowest BCUT2D eigenvalue weighted by Gasteiger charge is -2.49. The molecule has 0 aromatic carbocycles. The summed E-state index contributed by atoms with van der Waals surface area (Å²) in [5, 5.41) is 24.1. The second-order valence-corrected chi connectivity index (χ2v) is 11.9. The lowest BCUT2D eigenvalue weighted by atomic mass is 10.0. The lowest BCUT2D eigenvalue weighted by molar-refractivity contribution is -0.150. The van der Waals surface area contributed by atoms with Crippen molar-refractivity contribution in [2.45, 2.75) is 22.1 Å².